The summed E-state index contributed by atoms with van der Waals surface area (Å²) in [6.07, 6.45) is 0.625. The molecule has 0 aliphatic heterocycles. The Morgan fingerprint density at radius 3 is 1.80 bits per heavy atom. The van der Waals surface area contributed by atoms with E-state index in [4.69, 9.17) is 10.2 Å². The number of aliphatic hydroxyl groups excluding tert-OH is 1. The fourth-order valence-corrected chi connectivity index (χ4v) is 0. The predicted octanol–water partition coefficient (Wildman–Crippen LogP) is 0.850. The summed E-state index contributed by atoms with van der Waals surface area (Å²) >= 11 is 0. The molecule has 0 amide bonds. The molecule has 0 unspecified atom stereocenters. The van der Waals surface area contributed by atoms with Gasteiger partial charge in [-0.25, -0.2) is 4.79 Å². The van der Waals surface area contributed by atoms with Crippen molar-refractivity contribution in [2.24, 2.45) is 0 Å². The second-order valence-electron chi connectivity index (χ2n) is 1.66. The van der Waals surface area contributed by atoms with Crippen molar-refractivity contribution in [2.45, 2.75) is 13.3 Å². The lowest BCUT2D eigenvalue weighted by molar-refractivity contribution is -0.132. The lowest BCUT2D eigenvalue weighted by Crippen LogP contribution is -1.92. The number of hydrogen-bond donors (Lipinski definition) is 2. The Bertz CT molecular complexity index is 93.4. The summed E-state index contributed by atoms with van der Waals surface area (Å²) in [5.41, 5.74) is 0.176. The van der Waals surface area contributed by atoms with Gasteiger partial charge in [-0.05, 0) is 13.3 Å². The minimum Gasteiger partial charge on any atom is -0.478 e. The second-order valence-corrected chi connectivity index (χ2v) is 1.66. The summed E-state index contributed by atoms with van der Waals surface area (Å²) in [7, 11) is 0. The van der Waals surface area contributed by atoms with E-state index in [1.807, 2.05) is 0 Å². The molecule has 0 rings (SSSR count). The molecule has 0 aromatic rings. The van der Waals surface area contributed by atoms with E-state index in [9.17, 15) is 4.79 Å². The van der Waals surface area contributed by atoms with Crippen LogP contribution in [0.3, 0.4) is 0 Å². The van der Waals surface area contributed by atoms with Crippen molar-refractivity contribution in [3.8, 4) is 0 Å². The van der Waals surface area contributed by atoms with Gasteiger partial charge in [0.15, 0.2) is 0 Å². The first kappa shape index (κ1) is 11.9. The van der Waals surface area contributed by atoms with Gasteiger partial charge in [-0.2, -0.15) is 0 Å². The van der Waals surface area contributed by atoms with Gasteiger partial charge in [0, 0.05) is 12.2 Å². The molecule has 0 aliphatic rings. The van der Waals surface area contributed by atoms with Gasteiger partial charge >= 0.3 is 5.97 Å². The lowest BCUT2D eigenvalue weighted by Gasteiger charge is -1.79. The Morgan fingerprint density at radius 1 is 1.60 bits per heavy atom. The van der Waals surface area contributed by atoms with Crippen LogP contribution in [-0.4, -0.2) is 22.8 Å². The Balaban J connectivity index is 0. The first-order valence-electron chi connectivity index (χ1n) is 2.85. The SMILES string of the molecule is C=C(C)C(=O)O.[CH2]CCO. The monoisotopic (exact) mass is 145 g/mol. The van der Waals surface area contributed by atoms with Crippen molar-refractivity contribution in [2.75, 3.05) is 6.61 Å². The minimum absolute atomic E-state index is 0.176. The van der Waals surface area contributed by atoms with Gasteiger partial charge in [-0.3, -0.25) is 0 Å². The number of carboxylic acid groups (broad SMARTS) is 1. The Morgan fingerprint density at radius 2 is 1.80 bits per heavy atom. The summed E-state index contributed by atoms with van der Waals surface area (Å²) in [5, 5.41) is 15.7. The molecular weight excluding hydrogens is 132 g/mol. The van der Waals surface area contributed by atoms with Crippen molar-refractivity contribution < 1.29 is 15.0 Å². The number of aliphatic carboxylic acids is 1. The number of aliphatic hydroxyl groups is 1. The molecule has 0 saturated carbocycles. The van der Waals surface area contributed by atoms with Crippen LogP contribution in [-0.2, 0) is 4.79 Å². The quantitative estimate of drug-likeness (QED) is 0.566. The van der Waals surface area contributed by atoms with E-state index >= 15 is 0 Å². The highest BCUT2D eigenvalue weighted by Crippen LogP contribution is 1.81. The van der Waals surface area contributed by atoms with Gasteiger partial charge in [0.05, 0.1) is 0 Å². The Labute approximate surface area is 61.0 Å². The highest BCUT2D eigenvalue weighted by molar-refractivity contribution is 5.84. The topological polar surface area (TPSA) is 57.5 Å². The zero-order chi connectivity index (χ0) is 8.57. The molecule has 0 atom stereocenters. The van der Waals surface area contributed by atoms with E-state index in [0.717, 1.165) is 0 Å². The largest absolute Gasteiger partial charge is 0.478 e. The molecule has 0 bridgehead atoms. The number of hydrogen-bond acceptors (Lipinski definition) is 2. The first-order valence-corrected chi connectivity index (χ1v) is 2.85. The summed E-state index contributed by atoms with van der Waals surface area (Å²) in [6, 6.07) is 0. The number of rotatable bonds is 2. The molecule has 0 saturated heterocycles. The van der Waals surface area contributed by atoms with Crippen molar-refractivity contribution >= 4 is 5.97 Å². The third-order valence-corrected chi connectivity index (χ3v) is 0.523. The maximum Gasteiger partial charge on any atom is 0.330 e. The van der Waals surface area contributed by atoms with Crippen LogP contribution >= 0.6 is 0 Å². The van der Waals surface area contributed by atoms with Crippen molar-refractivity contribution in [3.63, 3.8) is 0 Å². The molecule has 59 valence electrons. The summed E-state index contributed by atoms with van der Waals surface area (Å²) < 4.78 is 0. The van der Waals surface area contributed by atoms with E-state index < -0.39 is 5.97 Å². The maximum atomic E-state index is 9.60. The highest BCUT2D eigenvalue weighted by atomic mass is 16.4. The van der Waals surface area contributed by atoms with Gasteiger partial charge in [0.25, 0.3) is 0 Å². The average Bonchev–Trinajstić information content (AvgIpc) is 1.89. The minimum atomic E-state index is -0.935. The van der Waals surface area contributed by atoms with E-state index in [-0.39, 0.29) is 12.2 Å². The fourth-order valence-electron chi connectivity index (χ4n) is 0. The van der Waals surface area contributed by atoms with Crippen LogP contribution in [0.15, 0.2) is 12.2 Å². The van der Waals surface area contributed by atoms with Crippen LogP contribution < -0.4 is 0 Å². The summed E-state index contributed by atoms with van der Waals surface area (Å²) in [6.45, 7) is 8.16. The lowest BCUT2D eigenvalue weighted by atomic mass is 10.4. The standard InChI is InChI=1S/C4H6O2.C3H7O/c1-3(2)4(5)6;1-2-3-4/h1H2,2H3,(H,5,6);4H,1-3H2. The molecule has 0 aromatic carbocycles. The Kier molecular flexibility index (Phi) is 9.73. The van der Waals surface area contributed by atoms with E-state index in [1.54, 1.807) is 0 Å². The summed E-state index contributed by atoms with van der Waals surface area (Å²) in [5.74, 6) is -0.935. The van der Waals surface area contributed by atoms with Gasteiger partial charge < -0.3 is 10.2 Å². The third-order valence-electron chi connectivity index (χ3n) is 0.523. The molecule has 10 heavy (non-hydrogen) atoms. The average molecular weight is 145 g/mol. The molecule has 3 heteroatoms. The molecular formula is C7H13O3. The molecule has 0 fully saturated rings. The molecule has 0 spiro atoms. The van der Waals surface area contributed by atoms with Gasteiger partial charge in [0.1, 0.15) is 0 Å². The molecule has 2 N–H and O–H groups in total. The van der Waals surface area contributed by atoms with Crippen LogP contribution in [0.4, 0.5) is 0 Å². The van der Waals surface area contributed by atoms with Gasteiger partial charge in [0.2, 0.25) is 0 Å². The fraction of sp³-hybridized carbons (Fsp3) is 0.429. The zero-order valence-electron chi connectivity index (χ0n) is 6.13. The predicted molar refractivity (Wildman–Crippen MR) is 39.5 cm³/mol. The van der Waals surface area contributed by atoms with Crippen LogP contribution in [0.1, 0.15) is 13.3 Å². The maximum absolute atomic E-state index is 9.60. The van der Waals surface area contributed by atoms with Crippen molar-refractivity contribution in [1.29, 1.82) is 0 Å². The second kappa shape index (κ2) is 8.17. The van der Waals surface area contributed by atoms with Crippen molar-refractivity contribution in [1.82, 2.24) is 0 Å². The third kappa shape index (κ3) is 15.7. The number of carbonyl (C=O) groups is 1. The Hall–Kier alpha value is -0.830. The zero-order valence-corrected chi connectivity index (χ0v) is 6.13. The molecule has 0 heterocycles. The van der Waals surface area contributed by atoms with Gasteiger partial charge in [-0.1, -0.05) is 13.5 Å². The van der Waals surface area contributed by atoms with Crippen LogP contribution in [0.25, 0.3) is 0 Å². The highest BCUT2D eigenvalue weighted by Gasteiger charge is 1.90. The molecule has 3 nitrogen and oxygen atoms in total. The van der Waals surface area contributed by atoms with Crippen LogP contribution in [0.5, 0.6) is 0 Å². The molecule has 1 radical (unpaired) electrons. The van der Waals surface area contributed by atoms with Gasteiger partial charge in [-0.15, -0.1) is 0 Å². The molecule has 0 aliphatic carbocycles. The van der Waals surface area contributed by atoms with E-state index in [1.165, 1.54) is 6.92 Å². The van der Waals surface area contributed by atoms with E-state index in [0.29, 0.717) is 6.42 Å². The van der Waals surface area contributed by atoms with Crippen LogP contribution in [0.2, 0.25) is 0 Å². The van der Waals surface area contributed by atoms with E-state index in [2.05, 4.69) is 13.5 Å². The normalized spacial score (nSPS) is 7.50. The molecule has 0 aromatic heterocycles. The van der Waals surface area contributed by atoms with Crippen LogP contribution in [0, 0.1) is 6.92 Å². The first-order chi connectivity index (χ1) is 4.56. The summed E-state index contributed by atoms with van der Waals surface area (Å²) in [4.78, 5) is 9.60. The van der Waals surface area contributed by atoms with Crippen molar-refractivity contribution in [3.05, 3.63) is 19.1 Å². The number of carboxylic acids is 1. The smallest absolute Gasteiger partial charge is 0.330 e.